The zero-order valence-corrected chi connectivity index (χ0v) is 16.5. The van der Waals surface area contributed by atoms with E-state index in [0.29, 0.717) is 24.6 Å². The fourth-order valence-corrected chi connectivity index (χ4v) is 2.12. The molecule has 0 radical (unpaired) electrons. The molecule has 0 saturated heterocycles. The molecule has 0 fully saturated rings. The SMILES string of the molecule is CN=C(NCCCN(C(C)C)C(C)C)NCCC(F)(F)F.I. The molecular formula is C14H30F3IN4. The van der Waals surface area contributed by atoms with E-state index >= 15 is 0 Å². The second kappa shape index (κ2) is 12.2. The number of nitrogens with zero attached hydrogens (tertiary/aromatic N) is 2. The molecule has 2 N–H and O–H groups in total. The molecule has 22 heavy (non-hydrogen) atoms. The van der Waals surface area contributed by atoms with Crippen molar-refractivity contribution in [3.05, 3.63) is 0 Å². The minimum atomic E-state index is -4.14. The number of halogens is 4. The lowest BCUT2D eigenvalue weighted by atomic mass is 10.2. The summed E-state index contributed by atoms with van der Waals surface area (Å²) in [5.74, 6) is 0.417. The van der Waals surface area contributed by atoms with Crippen LogP contribution in [0.3, 0.4) is 0 Å². The fourth-order valence-electron chi connectivity index (χ4n) is 2.12. The van der Waals surface area contributed by atoms with E-state index in [1.807, 2.05) is 0 Å². The van der Waals surface area contributed by atoms with Crippen LogP contribution in [0, 0.1) is 0 Å². The van der Waals surface area contributed by atoms with Crippen LogP contribution in [0.15, 0.2) is 4.99 Å². The van der Waals surface area contributed by atoms with Crippen molar-refractivity contribution in [2.45, 2.75) is 58.8 Å². The van der Waals surface area contributed by atoms with Crippen molar-refractivity contribution in [1.29, 1.82) is 0 Å². The molecule has 0 aliphatic heterocycles. The summed E-state index contributed by atoms with van der Waals surface area (Å²) in [5.41, 5.74) is 0. The van der Waals surface area contributed by atoms with E-state index in [1.54, 1.807) is 7.05 Å². The van der Waals surface area contributed by atoms with Gasteiger partial charge in [0, 0.05) is 38.8 Å². The minimum absolute atomic E-state index is 0. The quantitative estimate of drug-likeness (QED) is 0.265. The van der Waals surface area contributed by atoms with Gasteiger partial charge in [-0.1, -0.05) is 0 Å². The van der Waals surface area contributed by atoms with Gasteiger partial charge in [-0.05, 0) is 34.1 Å². The first-order chi connectivity index (χ1) is 9.67. The highest BCUT2D eigenvalue weighted by atomic mass is 127. The predicted octanol–water partition coefficient (Wildman–Crippen LogP) is 3.23. The largest absolute Gasteiger partial charge is 0.390 e. The van der Waals surface area contributed by atoms with Gasteiger partial charge in [-0.15, -0.1) is 24.0 Å². The Bertz CT molecular complexity index is 299. The van der Waals surface area contributed by atoms with Gasteiger partial charge in [-0.25, -0.2) is 0 Å². The van der Waals surface area contributed by atoms with Gasteiger partial charge in [0.1, 0.15) is 0 Å². The van der Waals surface area contributed by atoms with E-state index in [9.17, 15) is 13.2 Å². The normalized spacial score (nSPS) is 12.8. The van der Waals surface area contributed by atoms with Crippen LogP contribution >= 0.6 is 24.0 Å². The number of rotatable bonds is 8. The van der Waals surface area contributed by atoms with Crippen LogP contribution in [-0.2, 0) is 0 Å². The van der Waals surface area contributed by atoms with Crippen molar-refractivity contribution in [3.8, 4) is 0 Å². The standard InChI is InChI=1S/C14H29F3N4.HI/c1-11(2)21(12(3)4)10-6-8-19-13(18-5)20-9-7-14(15,16)17;/h11-12H,6-10H2,1-5H3,(H2,18,19,20);1H. The number of aliphatic imine (C=N–C) groups is 1. The highest BCUT2D eigenvalue weighted by Crippen LogP contribution is 2.17. The molecular weight excluding hydrogens is 408 g/mol. The lowest BCUT2D eigenvalue weighted by molar-refractivity contribution is -0.132. The summed E-state index contributed by atoms with van der Waals surface area (Å²) in [6.07, 6.45) is -4.08. The third kappa shape index (κ3) is 12.3. The maximum absolute atomic E-state index is 12.1. The molecule has 0 atom stereocenters. The van der Waals surface area contributed by atoms with Gasteiger partial charge >= 0.3 is 6.18 Å². The third-order valence-corrected chi connectivity index (χ3v) is 3.14. The highest BCUT2D eigenvalue weighted by Gasteiger charge is 2.26. The lowest BCUT2D eigenvalue weighted by Crippen LogP contribution is -2.42. The molecule has 0 unspecified atom stereocenters. The number of hydrogen-bond acceptors (Lipinski definition) is 2. The van der Waals surface area contributed by atoms with Crippen molar-refractivity contribution in [3.63, 3.8) is 0 Å². The molecule has 0 amide bonds. The van der Waals surface area contributed by atoms with E-state index in [2.05, 4.69) is 48.2 Å². The van der Waals surface area contributed by atoms with E-state index in [4.69, 9.17) is 0 Å². The summed E-state index contributed by atoms with van der Waals surface area (Å²) in [7, 11) is 1.55. The van der Waals surface area contributed by atoms with Crippen molar-refractivity contribution >= 4 is 29.9 Å². The summed E-state index contributed by atoms with van der Waals surface area (Å²) in [6.45, 7) is 10.1. The minimum Gasteiger partial charge on any atom is -0.356 e. The smallest absolute Gasteiger partial charge is 0.356 e. The molecule has 8 heteroatoms. The van der Waals surface area contributed by atoms with Crippen LogP contribution < -0.4 is 10.6 Å². The zero-order valence-electron chi connectivity index (χ0n) is 14.1. The number of guanidine groups is 1. The van der Waals surface area contributed by atoms with Gasteiger partial charge in [-0.3, -0.25) is 9.89 Å². The van der Waals surface area contributed by atoms with E-state index < -0.39 is 12.6 Å². The molecule has 0 spiro atoms. The molecule has 0 aromatic rings. The van der Waals surface area contributed by atoms with Crippen molar-refractivity contribution in [2.24, 2.45) is 4.99 Å². The van der Waals surface area contributed by atoms with Crippen LogP contribution in [0.4, 0.5) is 13.2 Å². The van der Waals surface area contributed by atoms with Crippen LogP contribution in [0.2, 0.25) is 0 Å². The summed E-state index contributed by atoms with van der Waals surface area (Å²) >= 11 is 0. The molecule has 4 nitrogen and oxygen atoms in total. The number of nitrogens with one attached hydrogen (secondary N) is 2. The Kier molecular flexibility index (Phi) is 13.3. The Morgan fingerprint density at radius 2 is 1.55 bits per heavy atom. The molecule has 0 aliphatic rings. The zero-order chi connectivity index (χ0) is 16.5. The second-order valence-corrected chi connectivity index (χ2v) is 5.57. The van der Waals surface area contributed by atoms with Crippen molar-refractivity contribution in [2.75, 3.05) is 26.7 Å². The van der Waals surface area contributed by atoms with Crippen molar-refractivity contribution in [1.82, 2.24) is 15.5 Å². The Balaban J connectivity index is 0. The predicted molar refractivity (Wildman–Crippen MR) is 97.0 cm³/mol. The molecule has 0 heterocycles. The summed E-state index contributed by atoms with van der Waals surface area (Å²) in [6, 6.07) is 0.962. The van der Waals surface area contributed by atoms with Crippen LogP contribution in [-0.4, -0.2) is 55.8 Å². The molecule has 0 aliphatic carbocycles. The first kappa shape index (κ1) is 24.0. The van der Waals surface area contributed by atoms with Gasteiger partial charge in [-0.2, -0.15) is 13.2 Å². The van der Waals surface area contributed by atoms with Crippen LogP contribution in [0.5, 0.6) is 0 Å². The van der Waals surface area contributed by atoms with E-state index in [-0.39, 0.29) is 30.5 Å². The average molecular weight is 438 g/mol. The van der Waals surface area contributed by atoms with Gasteiger partial charge in [0.15, 0.2) is 5.96 Å². The van der Waals surface area contributed by atoms with Gasteiger partial charge < -0.3 is 10.6 Å². The molecule has 0 saturated carbocycles. The van der Waals surface area contributed by atoms with E-state index in [0.717, 1.165) is 13.0 Å². The Morgan fingerprint density at radius 3 is 1.95 bits per heavy atom. The maximum atomic E-state index is 12.1. The van der Waals surface area contributed by atoms with Crippen molar-refractivity contribution < 1.29 is 13.2 Å². The Morgan fingerprint density at radius 1 is 1.05 bits per heavy atom. The first-order valence-electron chi connectivity index (χ1n) is 7.44. The topological polar surface area (TPSA) is 39.7 Å². The van der Waals surface area contributed by atoms with Gasteiger partial charge in [0.05, 0.1) is 6.42 Å². The molecule has 0 aromatic carbocycles. The van der Waals surface area contributed by atoms with E-state index in [1.165, 1.54) is 0 Å². The average Bonchev–Trinajstić information content (AvgIpc) is 2.33. The van der Waals surface area contributed by atoms with Crippen LogP contribution in [0.1, 0.15) is 40.5 Å². The lowest BCUT2D eigenvalue weighted by Gasteiger charge is -2.30. The monoisotopic (exact) mass is 438 g/mol. The number of alkyl halides is 3. The molecule has 0 rings (SSSR count). The summed E-state index contributed by atoms with van der Waals surface area (Å²) < 4.78 is 36.2. The second-order valence-electron chi connectivity index (χ2n) is 5.57. The number of hydrogen-bond donors (Lipinski definition) is 2. The Hall–Kier alpha value is -0.250. The first-order valence-corrected chi connectivity index (χ1v) is 7.44. The maximum Gasteiger partial charge on any atom is 0.390 e. The van der Waals surface area contributed by atoms with Gasteiger partial charge in [0.2, 0.25) is 0 Å². The highest BCUT2D eigenvalue weighted by molar-refractivity contribution is 14.0. The summed E-state index contributed by atoms with van der Waals surface area (Å²) in [5, 5.41) is 5.70. The molecule has 134 valence electrons. The molecule has 0 aromatic heterocycles. The Labute approximate surface area is 149 Å². The third-order valence-electron chi connectivity index (χ3n) is 3.14. The van der Waals surface area contributed by atoms with Gasteiger partial charge in [0.25, 0.3) is 0 Å². The van der Waals surface area contributed by atoms with Crippen LogP contribution in [0.25, 0.3) is 0 Å². The summed E-state index contributed by atoms with van der Waals surface area (Å²) in [4.78, 5) is 6.28. The molecule has 0 bridgehead atoms. The fraction of sp³-hybridized carbons (Fsp3) is 0.929.